The van der Waals surface area contributed by atoms with Gasteiger partial charge in [0.1, 0.15) is 6.04 Å². The van der Waals surface area contributed by atoms with Crippen LogP contribution in [0.2, 0.25) is 0 Å². The van der Waals surface area contributed by atoms with Crippen LogP contribution < -0.4 is 11.1 Å². The van der Waals surface area contributed by atoms with E-state index in [-0.39, 0.29) is 11.9 Å². The van der Waals surface area contributed by atoms with Gasteiger partial charge in [0.05, 0.1) is 12.1 Å². The number of nitrogens with zero attached hydrogens (tertiary/aromatic N) is 1. The molecule has 3 N–H and O–H groups in total. The summed E-state index contributed by atoms with van der Waals surface area (Å²) in [5.41, 5.74) is 5.28. The first kappa shape index (κ1) is 6.05. The molecular weight excluding hydrogens is 118 g/mol. The Bertz CT molecular complexity index is 172. The van der Waals surface area contributed by atoms with Crippen LogP contribution in [0, 0.1) is 11.3 Å². The van der Waals surface area contributed by atoms with E-state index in [0.29, 0.717) is 6.42 Å². The number of carbonyl (C=O) groups is 1. The number of hydrogen-bond acceptors (Lipinski definition) is 3. The van der Waals surface area contributed by atoms with Crippen LogP contribution in [0.25, 0.3) is 0 Å². The van der Waals surface area contributed by atoms with Crippen molar-refractivity contribution in [2.75, 3.05) is 0 Å². The second kappa shape index (κ2) is 2.03. The maximum Gasteiger partial charge on any atom is 0.238 e. The lowest BCUT2D eigenvalue weighted by Crippen LogP contribution is -2.31. The molecule has 1 aliphatic heterocycles. The summed E-state index contributed by atoms with van der Waals surface area (Å²) >= 11 is 0. The van der Waals surface area contributed by atoms with E-state index >= 15 is 0 Å². The molecule has 0 unspecified atom stereocenters. The van der Waals surface area contributed by atoms with E-state index in [1.807, 2.05) is 6.07 Å². The van der Waals surface area contributed by atoms with Crippen LogP contribution in [-0.4, -0.2) is 18.0 Å². The minimum atomic E-state index is -0.477. The minimum absolute atomic E-state index is 0.221. The average molecular weight is 125 g/mol. The Balaban J connectivity index is 2.57. The van der Waals surface area contributed by atoms with Crippen molar-refractivity contribution in [3.63, 3.8) is 0 Å². The van der Waals surface area contributed by atoms with E-state index in [1.165, 1.54) is 0 Å². The number of rotatable bonds is 0. The summed E-state index contributed by atoms with van der Waals surface area (Å²) < 4.78 is 0. The standard InChI is InChI=1S/C5H7N3O/c6-2-3-1-4(7)5(9)8-3/h3-4H,1,7H2,(H,8,9)/t3-,4-/m0/s1. The third-order valence-electron chi connectivity index (χ3n) is 1.30. The second-order valence-corrected chi connectivity index (χ2v) is 2.03. The highest BCUT2D eigenvalue weighted by Gasteiger charge is 2.28. The van der Waals surface area contributed by atoms with Gasteiger partial charge < -0.3 is 11.1 Å². The van der Waals surface area contributed by atoms with Crippen LogP contribution in [0.15, 0.2) is 0 Å². The molecule has 1 aliphatic rings. The van der Waals surface area contributed by atoms with Gasteiger partial charge in [-0.1, -0.05) is 0 Å². The number of nitrogens with one attached hydrogen (secondary N) is 1. The molecule has 2 atom stereocenters. The Morgan fingerprint density at radius 3 is 2.78 bits per heavy atom. The van der Waals surface area contributed by atoms with Gasteiger partial charge in [0.2, 0.25) is 5.91 Å². The molecule has 9 heavy (non-hydrogen) atoms. The monoisotopic (exact) mass is 125 g/mol. The molecule has 0 aromatic heterocycles. The fourth-order valence-electron chi connectivity index (χ4n) is 0.784. The maximum atomic E-state index is 10.6. The summed E-state index contributed by atoms with van der Waals surface area (Å²) in [5, 5.41) is 10.7. The number of nitriles is 1. The molecule has 0 radical (unpaired) electrons. The van der Waals surface area contributed by atoms with Gasteiger partial charge in [-0.15, -0.1) is 0 Å². The van der Waals surface area contributed by atoms with E-state index in [1.54, 1.807) is 0 Å². The highest BCUT2D eigenvalue weighted by molar-refractivity contribution is 5.84. The molecule has 1 saturated heterocycles. The molecule has 0 aromatic rings. The minimum Gasteiger partial charge on any atom is -0.339 e. The molecule has 0 spiro atoms. The summed E-state index contributed by atoms with van der Waals surface area (Å²) in [6.07, 6.45) is 0.440. The topological polar surface area (TPSA) is 78.9 Å². The summed E-state index contributed by atoms with van der Waals surface area (Å²) in [5.74, 6) is -0.221. The zero-order valence-electron chi connectivity index (χ0n) is 4.79. The molecular formula is C5H7N3O. The second-order valence-electron chi connectivity index (χ2n) is 2.03. The molecule has 4 heteroatoms. The van der Waals surface area contributed by atoms with Crippen molar-refractivity contribution < 1.29 is 4.79 Å². The van der Waals surface area contributed by atoms with Gasteiger partial charge in [0, 0.05) is 6.42 Å². The first-order valence-corrected chi connectivity index (χ1v) is 2.69. The van der Waals surface area contributed by atoms with Crippen molar-refractivity contribution in [3.05, 3.63) is 0 Å². The number of carbonyl (C=O) groups excluding carboxylic acids is 1. The molecule has 48 valence electrons. The molecule has 0 aliphatic carbocycles. The largest absolute Gasteiger partial charge is 0.339 e. The third kappa shape index (κ3) is 1.00. The van der Waals surface area contributed by atoms with Gasteiger partial charge in [-0.2, -0.15) is 5.26 Å². The van der Waals surface area contributed by atoms with Crippen molar-refractivity contribution in [3.8, 4) is 6.07 Å². The van der Waals surface area contributed by atoms with Crippen LogP contribution in [0.4, 0.5) is 0 Å². The van der Waals surface area contributed by atoms with E-state index in [9.17, 15) is 4.79 Å². The van der Waals surface area contributed by atoms with Crippen LogP contribution in [0.1, 0.15) is 6.42 Å². The first-order chi connectivity index (χ1) is 4.24. The normalized spacial score (nSPS) is 33.6. The molecule has 1 fully saturated rings. The molecule has 1 heterocycles. The Morgan fingerprint density at radius 1 is 1.89 bits per heavy atom. The Labute approximate surface area is 52.6 Å². The molecule has 0 saturated carbocycles. The number of nitrogens with two attached hydrogens (primary N) is 1. The average Bonchev–Trinajstić information content (AvgIpc) is 2.13. The summed E-state index contributed by atoms with van der Waals surface area (Å²) in [7, 11) is 0. The predicted octanol–water partition coefficient (Wildman–Crippen LogP) is -1.27. The van der Waals surface area contributed by atoms with E-state index < -0.39 is 6.04 Å². The highest BCUT2D eigenvalue weighted by Crippen LogP contribution is 2.03. The van der Waals surface area contributed by atoms with Crippen molar-refractivity contribution in [2.45, 2.75) is 18.5 Å². The van der Waals surface area contributed by atoms with E-state index in [0.717, 1.165) is 0 Å². The molecule has 0 bridgehead atoms. The van der Waals surface area contributed by atoms with Crippen LogP contribution in [-0.2, 0) is 4.79 Å². The lowest BCUT2D eigenvalue weighted by molar-refractivity contribution is -0.120. The fraction of sp³-hybridized carbons (Fsp3) is 0.600. The number of hydrogen-bond donors (Lipinski definition) is 2. The van der Waals surface area contributed by atoms with Gasteiger partial charge in [-0.05, 0) is 0 Å². The SMILES string of the molecule is N#C[C@@H]1C[C@H](N)C(=O)N1. The van der Waals surface area contributed by atoms with Crippen molar-refractivity contribution in [2.24, 2.45) is 5.73 Å². The Kier molecular flexibility index (Phi) is 1.37. The lowest BCUT2D eigenvalue weighted by atomic mass is 10.2. The number of amides is 1. The van der Waals surface area contributed by atoms with Crippen LogP contribution in [0.5, 0.6) is 0 Å². The maximum absolute atomic E-state index is 10.6. The molecule has 1 rings (SSSR count). The smallest absolute Gasteiger partial charge is 0.238 e. The summed E-state index contributed by atoms with van der Waals surface area (Å²) in [6.45, 7) is 0. The van der Waals surface area contributed by atoms with E-state index in [4.69, 9.17) is 11.0 Å². The fourth-order valence-corrected chi connectivity index (χ4v) is 0.784. The molecule has 0 aromatic carbocycles. The van der Waals surface area contributed by atoms with Crippen LogP contribution >= 0.6 is 0 Å². The summed E-state index contributed by atoms with van der Waals surface area (Å²) in [4.78, 5) is 10.6. The van der Waals surface area contributed by atoms with Gasteiger partial charge >= 0.3 is 0 Å². The van der Waals surface area contributed by atoms with Crippen LogP contribution in [0.3, 0.4) is 0 Å². The summed E-state index contributed by atoms with van der Waals surface area (Å²) in [6, 6.07) is 1.07. The Hall–Kier alpha value is -1.08. The van der Waals surface area contributed by atoms with Gasteiger partial charge in [-0.3, -0.25) is 4.79 Å². The highest BCUT2D eigenvalue weighted by atomic mass is 16.2. The van der Waals surface area contributed by atoms with Gasteiger partial charge in [-0.25, -0.2) is 0 Å². The third-order valence-corrected chi connectivity index (χ3v) is 1.30. The van der Waals surface area contributed by atoms with Crippen molar-refractivity contribution in [1.29, 1.82) is 5.26 Å². The Morgan fingerprint density at radius 2 is 2.56 bits per heavy atom. The van der Waals surface area contributed by atoms with Gasteiger partial charge in [0.25, 0.3) is 0 Å². The van der Waals surface area contributed by atoms with Gasteiger partial charge in [0.15, 0.2) is 0 Å². The zero-order valence-corrected chi connectivity index (χ0v) is 4.79. The predicted molar refractivity (Wildman–Crippen MR) is 30.1 cm³/mol. The first-order valence-electron chi connectivity index (χ1n) is 2.69. The van der Waals surface area contributed by atoms with E-state index in [2.05, 4.69) is 5.32 Å². The lowest BCUT2D eigenvalue weighted by Gasteiger charge is -1.92. The molecule has 4 nitrogen and oxygen atoms in total. The zero-order chi connectivity index (χ0) is 6.85. The van der Waals surface area contributed by atoms with Crippen molar-refractivity contribution in [1.82, 2.24) is 5.32 Å². The van der Waals surface area contributed by atoms with Crippen molar-refractivity contribution >= 4 is 5.91 Å². The quantitative estimate of drug-likeness (QED) is 0.423. The molecule has 1 amide bonds.